The molecular weight excluding hydrogens is 997 g/mol. The molecule has 12 aromatic rings. The van der Waals surface area contributed by atoms with Crippen molar-refractivity contribution in [3.05, 3.63) is 157 Å². The van der Waals surface area contributed by atoms with E-state index < -0.39 is 15.0 Å². The van der Waals surface area contributed by atoms with Crippen LogP contribution in [0.1, 0.15) is 22.3 Å². The van der Waals surface area contributed by atoms with E-state index in [4.69, 9.17) is 26.0 Å². The molecule has 0 saturated heterocycles. The Morgan fingerprint density at radius 2 is 1.03 bits per heavy atom. The molecule has 0 spiro atoms. The van der Waals surface area contributed by atoms with Crippen molar-refractivity contribution in [1.82, 2.24) is 99.5 Å². The monoisotopic (exact) mass is 1040 g/mol. The average Bonchev–Trinajstić information content (AvgIpc) is 4.30. The number of furan rings is 2. The molecule has 0 aliphatic carbocycles. The number of nitrogens with two attached hydrogens (primary N) is 3. The fraction of sp³-hybridized carbons (Fsp3) is 0.149. The molecule has 76 heavy (non-hydrogen) atoms. The number of tetrazole rings is 2. The Labute approximate surface area is 430 Å². The predicted molar refractivity (Wildman–Crippen MR) is 273 cm³/mol. The lowest BCUT2D eigenvalue weighted by atomic mass is 10.1. The molecule has 10 heterocycles. The number of nitrogens with zero attached hydrogens (tertiary/aromatic N) is 20. The Kier molecular flexibility index (Phi) is 14.4. The maximum atomic E-state index is 11.4. The largest absolute Gasteiger partial charge is 0.461 e. The molecule has 0 unspecified atom stereocenters. The molecule has 0 radical (unpaired) electrons. The lowest BCUT2D eigenvalue weighted by Crippen LogP contribution is -2.12. The standard InChI is InChI=1S/C23H20N12O.C15H16N6.C9H8N6O3S/c24-21-28-22(29-23-27-20(32-35(21)23)18-2-1-13-36-18)26-12-9-15-3-5-17(6-4-15)19-30-33-34(31-19)14-16-7-10-25-11-8-16;16-8-5-12-1-3-14(4-2-12)15-18-20-21(19-15)11-13-6-9-17-10-7-13;1-19(16,17)9-12-7(10)15-8(13-9)11-6(14-15)5-3-2-4-18-5/h1-8,10-11,13H,9,12,14H2,(H3,24,26,27,28,29,32);1-4,6-7,9-10H,5,8,11,16H2;2-4H,1H3,(H2,10,11,12,13,14). The molecular formula is C47H44N24O4S. The SMILES string of the molecule is CS(=O)(=O)c1nc(N)n2nc(-c3ccco3)nc2n1.NCCc1ccc(-c2nnn(Cc3ccncc3)n2)cc1.Nc1nc(NCCc2ccc(-c3nnn(Cc4ccncc4)n3)cc2)nc2nc(-c3ccco3)nn12. The third-order valence-electron chi connectivity index (χ3n) is 10.9. The Bertz CT molecular complexity index is 3920. The van der Waals surface area contributed by atoms with Gasteiger partial charge in [0.25, 0.3) is 16.7 Å². The smallest absolute Gasteiger partial charge is 0.259 e. The minimum absolute atomic E-state index is 0.0410. The van der Waals surface area contributed by atoms with Gasteiger partial charge in [-0.15, -0.1) is 30.6 Å². The second-order valence-electron chi connectivity index (χ2n) is 16.4. The van der Waals surface area contributed by atoms with Crippen molar-refractivity contribution in [3.8, 4) is 45.9 Å². The van der Waals surface area contributed by atoms with Crippen LogP contribution in [0.4, 0.5) is 17.8 Å². The number of nitrogens with one attached hydrogen (secondary N) is 1. The van der Waals surface area contributed by atoms with Crippen LogP contribution in [0.25, 0.3) is 57.5 Å². The van der Waals surface area contributed by atoms with Gasteiger partial charge in [-0.05, 0) is 101 Å². The minimum Gasteiger partial charge on any atom is -0.461 e. The highest BCUT2D eigenvalue weighted by molar-refractivity contribution is 7.90. The van der Waals surface area contributed by atoms with Crippen molar-refractivity contribution in [1.29, 1.82) is 0 Å². The zero-order valence-electron chi connectivity index (χ0n) is 40.2. The minimum atomic E-state index is -3.57. The highest BCUT2D eigenvalue weighted by Crippen LogP contribution is 2.21. The summed E-state index contributed by atoms with van der Waals surface area (Å²) in [7, 11) is -3.57. The summed E-state index contributed by atoms with van der Waals surface area (Å²) in [6.07, 6.45) is 12.6. The van der Waals surface area contributed by atoms with Gasteiger partial charge in [0.1, 0.15) is 0 Å². The van der Waals surface area contributed by atoms with Gasteiger partial charge in [-0.1, -0.05) is 48.5 Å². The van der Waals surface area contributed by atoms with E-state index in [1.54, 1.807) is 64.9 Å². The normalized spacial score (nSPS) is 11.3. The van der Waals surface area contributed by atoms with Crippen LogP contribution in [0.2, 0.25) is 0 Å². The van der Waals surface area contributed by atoms with E-state index in [9.17, 15) is 8.42 Å². The fourth-order valence-corrected chi connectivity index (χ4v) is 7.64. The van der Waals surface area contributed by atoms with E-state index >= 15 is 0 Å². The van der Waals surface area contributed by atoms with Crippen LogP contribution in [-0.2, 0) is 35.8 Å². The van der Waals surface area contributed by atoms with E-state index in [0.717, 1.165) is 51.4 Å². The van der Waals surface area contributed by atoms with E-state index in [1.807, 2.05) is 72.8 Å². The first-order valence-corrected chi connectivity index (χ1v) is 24.9. The van der Waals surface area contributed by atoms with Crippen LogP contribution in [-0.4, -0.2) is 127 Å². The summed E-state index contributed by atoms with van der Waals surface area (Å²) in [5, 5.41) is 36.5. The maximum absolute atomic E-state index is 11.4. The second-order valence-corrected chi connectivity index (χ2v) is 18.3. The number of anilines is 3. The molecule has 0 aliphatic heterocycles. The van der Waals surface area contributed by atoms with Crippen molar-refractivity contribution < 1.29 is 17.3 Å². The van der Waals surface area contributed by atoms with Crippen LogP contribution < -0.4 is 22.5 Å². The van der Waals surface area contributed by atoms with Gasteiger partial charge < -0.3 is 31.4 Å². The first-order chi connectivity index (χ1) is 37.0. The van der Waals surface area contributed by atoms with Gasteiger partial charge in [-0.2, -0.15) is 48.5 Å². The summed E-state index contributed by atoms with van der Waals surface area (Å²) in [5.41, 5.74) is 23.6. The summed E-state index contributed by atoms with van der Waals surface area (Å²) in [6.45, 7) is 2.38. The van der Waals surface area contributed by atoms with Gasteiger partial charge >= 0.3 is 0 Å². The Hall–Kier alpha value is -10.3. The van der Waals surface area contributed by atoms with Gasteiger partial charge in [0, 0.05) is 48.7 Å². The Morgan fingerprint density at radius 3 is 1.50 bits per heavy atom. The first-order valence-electron chi connectivity index (χ1n) is 23.1. The maximum Gasteiger partial charge on any atom is 0.259 e. The van der Waals surface area contributed by atoms with Crippen LogP contribution in [0.15, 0.2) is 148 Å². The van der Waals surface area contributed by atoms with Crippen molar-refractivity contribution in [3.63, 3.8) is 0 Å². The number of benzene rings is 2. The molecule has 0 fully saturated rings. The van der Waals surface area contributed by atoms with Crippen molar-refractivity contribution in [2.24, 2.45) is 5.73 Å². The molecule has 0 atom stereocenters. The quantitative estimate of drug-likeness (QED) is 0.114. The second kappa shape index (κ2) is 22.2. The van der Waals surface area contributed by atoms with E-state index in [2.05, 4.69) is 86.2 Å². The van der Waals surface area contributed by atoms with E-state index in [-0.39, 0.29) is 23.5 Å². The molecule has 382 valence electrons. The molecule has 29 heteroatoms. The highest BCUT2D eigenvalue weighted by atomic mass is 32.2. The van der Waals surface area contributed by atoms with Crippen molar-refractivity contribution >= 4 is 39.2 Å². The van der Waals surface area contributed by atoms with Gasteiger partial charge in [0.15, 0.2) is 11.5 Å². The molecule has 10 aromatic heterocycles. The zero-order chi connectivity index (χ0) is 52.4. The molecule has 7 N–H and O–H groups in total. The topological polar surface area (TPSA) is 375 Å². The van der Waals surface area contributed by atoms with Crippen LogP contribution >= 0.6 is 0 Å². The molecule has 0 saturated carbocycles. The number of nitrogen functional groups attached to an aromatic ring is 2. The number of rotatable bonds is 15. The summed E-state index contributed by atoms with van der Waals surface area (Å²) in [4.78, 5) is 35.7. The number of fused-ring (bicyclic) bond motifs is 2. The van der Waals surface area contributed by atoms with Gasteiger partial charge in [0.2, 0.25) is 51.0 Å². The number of hydrogen-bond donors (Lipinski definition) is 4. The van der Waals surface area contributed by atoms with Gasteiger partial charge in [-0.25, -0.2) is 8.42 Å². The Balaban J connectivity index is 0.000000140. The van der Waals surface area contributed by atoms with Crippen LogP contribution in [0, 0.1) is 0 Å². The first kappa shape index (κ1) is 49.3. The van der Waals surface area contributed by atoms with Crippen LogP contribution in [0.5, 0.6) is 0 Å². The molecule has 0 aliphatic rings. The zero-order valence-corrected chi connectivity index (χ0v) is 41.0. The molecule has 2 aromatic carbocycles. The van der Waals surface area contributed by atoms with Crippen molar-refractivity contribution in [2.45, 2.75) is 31.1 Å². The third-order valence-corrected chi connectivity index (χ3v) is 11.7. The highest BCUT2D eigenvalue weighted by Gasteiger charge is 2.19. The lowest BCUT2D eigenvalue weighted by Gasteiger charge is -2.06. The Morgan fingerprint density at radius 1 is 0.539 bits per heavy atom. The summed E-state index contributed by atoms with van der Waals surface area (Å²) >= 11 is 0. The number of pyridine rings is 2. The van der Waals surface area contributed by atoms with E-state index in [0.29, 0.717) is 66.9 Å². The molecule has 28 nitrogen and oxygen atoms in total. The molecule has 0 amide bonds. The summed E-state index contributed by atoms with van der Waals surface area (Å²) in [6, 6.07) is 30.7. The van der Waals surface area contributed by atoms with Gasteiger partial charge in [-0.3, -0.25) is 9.97 Å². The number of aromatic nitrogens is 20. The third kappa shape index (κ3) is 12.0. The predicted octanol–water partition coefficient (Wildman–Crippen LogP) is 3.16. The van der Waals surface area contributed by atoms with Gasteiger partial charge in [0.05, 0.1) is 25.6 Å². The molecule has 12 rings (SSSR count). The fourth-order valence-electron chi connectivity index (χ4n) is 7.14. The van der Waals surface area contributed by atoms with E-state index in [1.165, 1.54) is 16.3 Å². The number of hydrogen-bond acceptors (Lipinski definition) is 24. The average molecular weight is 1040 g/mol. The summed E-state index contributed by atoms with van der Waals surface area (Å²) in [5.74, 6) is 3.63. The summed E-state index contributed by atoms with van der Waals surface area (Å²) < 4.78 is 35.8. The van der Waals surface area contributed by atoms with Crippen LogP contribution in [0.3, 0.4) is 0 Å². The molecule has 0 bridgehead atoms. The lowest BCUT2D eigenvalue weighted by molar-refractivity contribution is 0.572. The van der Waals surface area contributed by atoms with Crippen molar-refractivity contribution in [2.75, 3.05) is 36.1 Å². The number of sulfone groups is 1.